The molecular weight excluding hydrogens is 562 g/mol. The topological polar surface area (TPSA) is 127 Å². The van der Waals surface area contributed by atoms with Gasteiger partial charge in [0.2, 0.25) is 5.01 Å². The molecule has 2 aromatic carbocycles. The van der Waals surface area contributed by atoms with Crippen LogP contribution in [0, 0.1) is 0 Å². The second kappa shape index (κ2) is 14.8. The van der Waals surface area contributed by atoms with E-state index >= 15 is 0 Å². The summed E-state index contributed by atoms with van der Waals surface area (Å²) < 4.78 is 5.86. The number of hydrogen-bond donors (Lipinski definition) is 2. The first kappa shape index (κ1) is 31.7. The van der Waals surface area contributed by atoms with E-state index in [4.69, 9.17) is 4.74 Å². The van der Waals surface area contributed by atoms with Gasteiger partial charge in [0.1, 0.15) is 16.8 Å². The summed E-state index contributed by atoms with van der Waals surface area (Å²) in [6, 6.07) is 14.2. The van der Waals surface area contributed by atoms with Crippen molar-refractivity contribution >= 4 is 23.2 Å². The molecule has 0 spiro atoms. The summed E-state index contributed by atoms with van der Waals surface area (Å²) in [5, 5.41) is 21.2. The van der Waals surface area contributed by atoms with Gasteiger partial charge in [0, 0.05) is 35.4 Å². The van der Waals surface area contributed by atoms with E-state index in [2.05, 4.69) is 32.4 Å². The summed E-state index contributed by atoms with van der Waals surface area (Å²) in [5.41, 5.74) is 3.21. The first-order valence-electron chi connectivity index (χ1n) is 14.7. The Bertz CT molecular complexity index is 1480. The number of unbranched alkanes of at least 4 members (excludes halogenated alkanes) is 4. The molecule has 0 fully saturated rings. The molecule has 4 aromatic rings. The van der Waals surface area contributed by atoms with Crippen molar-refractivity contribution in [2.24, 2.45) is 0 Å². The first-order chi connectivity index (χ1) is 20.6. The van der Waals surface area contributed by atoms with Crippen LogP contribution in [-0.4, -0.2) is 49.8 Å². The number of ether oxygens (including phenoxy) is 1. The van der Waals surface area contributed by atoms with Gasteiger partial charge in [-0.25, -0.2) is 14.8 Å². The van der Waals surface area contributed by atoms with Crippen LogP contribution in [0.3, 0.4) is 0 Å². The fourth-order valence-corrected chi connectivity index (χ4v) is 5.13. The summed E-state index contributed by atoms with van der Waals surface area (Å²) >= 11 is 1.17. The Morgan fingerprint density at radius 2 is 1.53 bits per heavy atom. The van der Waals surface area contributed by atoms with Crippen LogP contribution in [-0.2, 0) is 16.6 Å². The summed E-state index contributed by atoms with van der Waals surface area (Å²) in [7, 11) is 0. The molecule has 0 aliphatic rings. The number of carboxylic acids is 1. The molecule has 2 N–H and O–H groups in total. The average molecular weight is 602 g/mol. The van der Waals surface area contributed by atoms with Crippen molar-refractivity contribution in [3.8, 4) is 28.3 Å². The maximum absolute atomic E-state index is 12.7. The number of carboxylic acid groups (broad SMARTS) is 1. The Hall–Kier alpha value is -4.18. The predicted molar refractivity (Wildman–Crippen MR) is 168 cm³/mol. The highest BCUT2D eigenvalue weighted by molar-refractivity contribution is 7.13. The van der Waals surface area contributed by atoms with Crippen molar-refractivity contribution in [1.82, 2.24) is 25.5 Å². The van der Waals surface area contributed by atoms with Crippen molar-refractivity contribution in [1.29, 1.82) is 0 Å². The molecule has 4 rings (SSSR count). The smallest absolute Gasteiger partial charge is 0.326 e. The number of carbonyl (C=O) groups is 2. The Kier molecular flexibility index (Phi) is 10.9. The molecule has 2 heterocycles. The lowest BCUT2D eigenvalue weighted by atomic mass is 9.98. The Morgan fingerprint density at radius 3 is 2.14 bits per heavy atom. The van der Waals surface area contributed by atoms with Gasteiger partial charge in [0.05, 0.1) is 6.61 Å². The van der Waals surface area contributed by atoms with Gasteiger partial charge in [-0.2, -0.15) is 0 Å². The summed E-state index contributed by atoms with van der Waals surface area (Å²) in [6.45, 7) is 8.87. The van der Waals surface area contributed by atoms with Crippen LogP contribution in [0.5, 0.6) is 5.75 Å². The molecule has 10 heteroatoms. The zero-order valence-electron chi connectivity index (χ0n) is 25.2. The minimum Gasteiger partial charge on any atom is -0.494 e. The molecule has 0 aliphatic heterocycles. The summed E-state index contributed by atoms with van der Waals surface area (Å²) in [4.78, 5) is 33.7. The van der Waals surface area contributed by atoms with Crippen molar-refractivity contribution in [3.05, 3.63) is 76.5 Å². The first-order valence-corrected chi connectivity index (χ1v) is 15.5. The number of aromatic nitrogens is 4. The van der Waals surface area contributed by atoms with Gasteiger partial charge in [-0.05, 0) is 29.7 Å². The normalized spacial score (nSPS) is 12.1. The van der Waals surface area contributed by atoms with E-state index in [-0.39, 0.29) is 16.8 Å². The van der Waals surface area contributed by atoms with Gasteiger partial charge in [0.25, 0.3) is 5.91 Å². The number of nitrogens with one attached hydrogen (secondary N) is 1. The number of carbonyl (C=O) groups excluding carboxylic acids is 1. The molecule has 43 heavy (non-hydrogen) atoms. The van der Waals surface area contributed by atoms with Crippen LogP contribution in [0.1, 0.15) is 80.2 Å². The number of amides is 1. The highest BCUT2D eigenvalue weighted by Crippen LogP contribution is 2.26. The third-order valence-electron chi connectivity index (χ3n) is 6.87. The molecule has 0 radical (unpaired) electrons. The van der Waals surface area contributed by atoms with E-state index in [0.717, 1.165) is 41.0 Å². The van der Waals surface area contributed by atoms with E-state index < -0.39 is 17.9 Å². The molecule has 1 atom stereocenters. The predicted octanol–water partition coefficient (Wildman–Crippen LogP) is 6.73. The van der Waals surface area contributed by atoms with Crippen molar-refractivity contribution in [3.63, 3.8) is 0 Å². The van der Waals surface area contributed by atoms with Gasteiger partial charge in [0.15, 0.2) is 5.82 Å². The molecule has 2 aromatic heterocycles. The molecule has 226 valence electrons. The van der Waals surface area contributed by atoms with Crippen LogP contribution < -0.4 is 10.1 Å². The second-order valence-corrected chi connectivity index (χ2v) is 12.5. The minimum absolute atomic E-state index is 0.116. The molecule has 0 bridgehead atoms. The summed E-state index contributed by atoms with van der Waals surface area (Å²) in [5.74, 6) is -0.256. The number of hydrogen-bond acceptors (Lipinski definition) is 8. The Morgan fingerprint density at radius 1 is 0.884 bits per heavy atom. The number of rotatable bonds is 14. The van der Waals surface area contributed by atoms with Gasteiger partial charge in [-0.3, -0.25) is 4.79 Å². The molecule has 9 nitrogen and oxygen atoms in total. The van der Waals surface area contributed by atoms with Gasteiger partial charge in [-0.1, -0.05) is 101 Å². The fraction of sp³-hybridized carbons (Fsp3) is 0.394. The zero-order valence-corrected chi connectivity index (χ0v) is 26.0. The second-order valence-electron chi connectivity index (χ2n) is 11.5. The lowest BCUT2D eigenvalue weighted by Gasteiger charge is -2.14. The van der Waals surface area contributed by atoms with Gasteiger partial charge >= 0.3 is 5.97 Å². The third-order valence-corrected chi connectivity index (χ3v) is 8.22. The van der Waals surface area contributed by atoms with Crippen LogP contribution in [0.2, 0.25) is 0 Å². The van der Waals surface area contributed by atoms with Crippen molar-refractivity contribution in [2.75, 3.05) is 6.61 Å². The zero-order chi connectivity index (χ0) is 30.8. The SMILES string of the molecule is CCCCCCCOc1ccc(-c2cnc(-c3ccc(CC(NC(=O)c4nnc(C(C)(C)C)s4)C(=O)O)cc3)nc2)cc1. The summed E-state index contributed by atoms with van der Waals surface area (Å²) in [6.07, 6.45) is 9.73. The minimum atomic E-state index is -1.13. The Labute approximate surface area is 256 Å². The van der Waals surface area contributed by atoms with Crippen LogP contribution in [0.4, 0.5) is 0 Å². The number of benzene rings is 2. The molecular formula is C33H39N5O4S. The largest absolute Gasteiger partial charge is 0.494 e. The molecule has 0 aliphatic carbocycles. The van der Waals surface area contributed by atoms with Crippen molar-refractivity contribution < 1.29 is 19.4 Å². The molecule has 1 amide bonds. The van der Waals surface area contributed by atoms with Gasteiger partial charge in [-0.15, -0.1) is 10.2 Å². The highest BCUT2D eigenvalue weighted by atomic mass is 32.1. The van der Waals surface area contributed by atoms with E-state index in [1.807, 2.05) is 69.3 Å². The maximum atomic E-state index is 12.7. The maximum Gasteiger partial charge on any atom is 0.326 e. The average Bonchev–Trinajstić information content (AvgIpc) is 3.51. The van der Waals surface area contributed by atoms with E-state index in [9.17, 15) is 14.7 Å². The lowest BCUT2D eigenvalue weighted by molar-refractivity contribution is -0.139. The standard InChI is InChI=1S/C33H39N5O4S/c1-5-6-7-8-9-18-42-26-16-14-23(15-17-26)25-20-34-28(35-21-25)24-12-10-22(11-13-24)19-27(31(40)41)36-29(39)30-37-38-32(43-30)33(2,3)4/h10-17,20-21,27H,5-9,18-19H2,1-4H3,(H,36,39)(H,40,41). The van der Waals surface area contributed by atoms with E-state index in [0.29, 0.717) is 10.8 Å². The molecule has 0 saturated heterocycles. The van der Waals surface area contributed by atoms with Gasteiger partial charge < -0.3 is 15.2 Å². The molecule has 1 unspecified atom stereocenters. The Balaban J connectivity index is 1.32. The van der Waals surface area contributed by atoms with Crippen LogP contribution in [0.25, 0.3) is 22.5 Å². The highest BCUT2D eigenvalue weighted by Gasteiger charge is 2.26. The third kappa shape index (κ3) is 9.15. The monoisotopic (exact) mass is 601 g/mol. The quantitative estimate of drug-likeness (QED) is 0.152. The van der Waals surface area contributed by atoms with E-state index in [1.54, 1.807) is 12.4 Å². The lowest BCUT2D eigenvalue weighted by Crippen LogP contribution is -2.42. The van der Waals surface area contributed by atoms with E-state index in [1.165, 1.54) is 37.0 Å². The fourth-order valence-electron chi connectivity index (χ4n) is 4.33. The number of aliphatic carboxylic acids is 1. The molecule has 0 saturated carbocycles. The van der Waals surface area contributed by atoms with Crippen molar-refractivity contribution in [2.45, 2.75) is 77.7 Å². The number of nitrogens with zero attached hydrogens (tertiary/aromatic N) is 4. The van der Waals surface area contributed by atoms with Crippen LogP contribution in [0.15, 0.2) is 60.9 Å². The van der Waals surface area contributed by atoms with Crippen LogP contribution >= 0.6 is 11.3 Å².